The summed E-state index contributed by atoms with van der Waals surface area (Å²) in [6.07, 6.45) is 68.1. The number of ether oxygens (including phenoxy) is 3. The first-order valence-corrected chi connectivity index (χ1v) is 38.2. The Morgan fingerprint density at radius 2 is 0.596 bits per heavy atom. The molecule has 18 heteroatoms. The van der Waals surface area contributed by atoms with Crippen LogP contribution in [0, 0.1) is 0 Å². The first kappa shape index (κ1) is 86.0. The summed E-state index contributed by atoms with van der Waals surface area (Å²) in [5.74, 6) is -1.58. The molecule has 4 N–H and O–H groups in total. The molecule has 0 saturated heterocycles. The molecule has 0 aromatic carbocycles. The first-order valence-electron chi connectivity index (χ1n) is 35.2. The first-order chi connectivity index (χ1) is 43.2. The van der Waals surface area contributed by atoms with Crippen LogP contribution in [-0.4, -0.2) is 95.9 Å². The maximum Gasteiger partial charge on any atom is 0.472 e. The molecule has 0 aliphatic carbocycles. The minimum absolute atomic E-state index is 0.109. The van der Waals surface area contributed by atoms with Gasteiger partial charge >= 0.3 is 33.6 Å². The van der Waals surface area contributed by atoms with Gasteiger partial charge in [0.15, 0.2) is 6.10 Å². The van der Waals surface area contributed by atoms with E-state index in [1.807, 2.05) is 0 Å². The zero-order valence-electron chi connectivity index (χ0n) is 56.1. The van der Waals surface area contributed by atoms with Crippen molar-refractivity contribution in [1.82, 2.24) is 0 Å². The number of esters is 3. The number of aliphatic hydroxyl groups excluding tert-OH is 2. The molecule has 0 aromatic rings. The van der Waals surface area contributed by atoms with Gasteiger partial charge in [-0.2, -0.15) is 0 Å². The second-order valence-corrected chi connectivity index (χ2v) is 26.6. The van der Waals surface area contributed by atoms with Crippen LogP contribution in [0.25, 0.3) is 0 Å². The van der Waals surface area contributed by atoms with Crippen LogP contribution < -0.4 is 0 Å². The number of hydrogen-bond donors (Lipinski definition) is 4. The fraction of sp³-hybridized carbons (Fsp3) is 0.789. The highest BCUT2D eigenvalue weighted by molar-refractivity contribution is 7.47. The Morgan fingerprint density at radius 1 is 0.326 bits per heavy atom. The smallest absolute Gasteiger partial charge is 0.463 e. The van der Waals surface area contributed by atoms with E-state index in [2.05, 4.69) is 93.7 Å². The Bertz CT molecular complexity index is 1920. The molecule has 0 heterocycles. The van der Waals surface area contributed by atoms with Crippen LogP contribution in [0.1, 0.15) is 303 Å². The summed E-state index contributed by atoms with van der Waals surface area (Å²) in [6, 6.07) is 0. The number of phosphoric acid groups is 2. The lowest BCUT2D eigenvalue weighted by molar-refractivity contribution is -0.161. The van der Waals surface area contributed by atoms with Crippen LogP contribution in [0.15, 0.2) is 72.9 Å². The number of rotatable bonds is 67. The van der Waals surface area contributed by atoms with Crippen molar-refractivity contribution in [1.29, 1.82) is 0 Å². The minimum Gasteiger partial charge on any atom is -0.463 e. The number of unbranched alkanes of at least 4 members (excludes halogenated alkanes) is 32. The molecule has 0 spiro atoms. The SMILES string of the molecule is CC/C=C\C/C=C\C/C=C\C/C=C\C/C=C\CCCCCCCCCCCC(=O)OCC(O)COP(=O)(O)OCC(O)COP(=O)(O)OCC(COC(=O)CCCCCCC/C=C\CCCCCCCC)OC(=O)CCCCCCCCCCCCCCC. The molecule has 0 aromatic heterocycles. The van der Waals surface area contributed by atoms with Gasteiger partial charge in [0.1, 0.15) is 25.4 Å². The third kappa shape index (κ3) is 66.3. The maximum atomic E-state index is 12.9. The lowest BCUT2D eigenvalue weighted by Crippen LogP contribution is -2.30. The average molecular weight is 1300 g/mol. The molecule has 0 radical (unpaired) electrons. The number of hydrogen-bond acceptors (Lipinski definition) is 14. The fourth-order valence-electron chi connectivity index (χ4n) is 9.53. The lowest BCUT2D eigenvalue weighted by atomic mass is 10.0. The minimum atomic E-state index is -4.92. The highest BCUT2D eigenvalue weighted by Crippen LogP contribution is 2.45. The van der Waals surface area contributed by atoms with Gasteiger partial charge in [0.2, 0.25) is 0 Å². The molecule has 0 amide bonds. The number of carbonyl (C=O) groups excluding carboxylic acids is 3. The number of phosphoric ester groups is 2. The lowest BCUT2D eigenvalue weighted by Gasteiger charge is -2.21. The molecule has 0 fully saturated rings. The van der Waals surface area contributed by atoms with Gasteiger partial charge in [0, 0.05) is 19.3 Å². The second-order valence-electron chi connectivity index (χ2n) is 23.7. The van der Waals surface area contributed by atoms with Crippen molar-refractivity contribution in [2.45, 2.75) is 322 Å². The maximum absolute atomic E-state index is 12.9. The summed E-state index contributed by atoms with van der Waals surface area (Å²) in [4.78, 5) is 58.3. The Labute approximate surface area is 541 Å². The Kier molecular flexibility index (Phi) is 62.9. The zero-order chi connectivity index (χ0) is 65.3. The molecular weight excluding hydrogens is 1170 g/mol. The van der Waals surface area contributed by atoms with Gasteiger partial charge in [0.25, 0.3) is 0 Å². The molecule has 16 nitrogen and oxygen atoms in total. The predicted octanol–water partition coefficient (Wildman–Crippen LogP) is 19.5. The van der Waals surface area contributed by atoms with Crippen LogP contribution in [0.5, 0.6) is 0 Å². The van der Waals surface area contributed by atoms with Crippen LogP contribution >= 0.6 is 15.6 Å². The van der Waals surface area contributed by atoms with Crippen molar-refractivity contribution in [3.63, 3.8) is 0 Å². The van der Waals surface area contributed by atoms with Crippen LogP contribution in [0.3, 0.4) is 0 Å². The molecule has 518 valence electrons. The van der Waals surface area contributed by atoms with E-state index in [1.54, 1.807) is 0 Å². The van der Waals surface area contributed by atoms with Gasteiger partial charge in [-0.05, 0) is 89.9 Å². The van der Waals surface area contributed by atoms with Gasteiger partial charge in [-0.25, -0.2) is 9.13 Å². The van der Waals surface area contributed by atoms with E-state index in [9.17, 15) is 43.5 Å². The van der Waals surface area contributed by atoms with Gasteiger partial charge in [0.05, 0.1) is 26.4 Å². The van der Waals surface area contributed by atoms with E-state index in [-0.39, 0.29) is 19.3 Å². The highest BCUT2D eigenvalue weighted by Gasteiger charge is 2.29. The van der Waals surface area contributed by atoms with Crippen molar-refractivity contribution < 1.29 is 75.8 Å². The van der Waals surface area contributed by atoms with Crippen LogP contribution in [0.2, 0.25) is 0 Å². The molecule has 0 aliphatic heterocycles. The highest BCUT2D eigenvalue weighted by atomic mass is 31.2. The number of carbonyl (C=O) groups is 3. The molecule has 0 aliphatic rings. The van der Waals surface area contributed by atoms with E-state index >= 15 is 0 Å². The summed E-state index contributed by atoms with van der Waals surface area (Å²) >= 11 is 0. The summed E-state index contributed by atoms with van der Waals surface area (Å²) in [5.41, 5.74) is 0. The van der Waals surface area contributed by atoms with Gasteiger partial charge in [-0.15, -0.1) is 0 Å². The number of aliphatic hydroxyl groups is 2. The average Bonchev–Trinajstić information content (AvgIpc) is 3.70. The van der Waals surface area contributed by atoms with E-state index in [0.717, 1.165) is 128 Å². The third-order valence-electron chi connectivity index (χ3n) is 14.9. The largest absolute Gasteiger partial charge is 0.472 e. The predicted molar refractivity (Wildman–Crippen MR) is 362 cm³/mol. The van der Waals surface area contributed by atoms with E-state index in [0.29, 0.717) is 19.3 Å². The monoisotopic (exact) mass is 1300 g/mol. The third-order valence-corrected chi connectivity index (χ3v) is 16.8. The van der Waals surface area contributed by atoms with Crippen molar-refractivity contribution in [2.24, 2.45) is 0 Å². The molecule has 5 atom stereocenters. The van der Waals surface area contributed by atoms with Crippen molar-refractivity contribution >= 4 is 33.6 Å². The van der Waals surface area contributed by atoms with E-state index in [4.69, 9.17) is 32.3 Å². The van der Waals surface area contributed by atoms with Gasteiger partial charge in [-0.1, -0.05) is 267 Å². The molecule has 0 saturated carbocycles. The normalized spacial score (nSPS) is 14.6. The Balaban J connectivity index is 4.52. The summed E-state index contributed by atoms with van der Waals surface area (Å²) in [6.45, 7) is 2.57. The summed E-state index contributed by atoms with van der Waals surface area (Å²) < 4.78 is 60.9. The molecule has 0 bridgehead atoms. The van der Waals surface area contributed by atoms with Crippen LogP contribution in [0.4, 0.5) is 0 Å². The quantitative estimate of drug-likeness (QED) is 0.0146. The second kappa shape index (κ2) is 65.1. The topological polar surface area (TPSA) is 231 Å². The molecule has 5 unspecified atom stereocenters. The zero-order valence-corrected chi connectivity index (χ0v) is 57.9. The van der Waals surface area contributed by atoms with Crippen LogP contribution in [-0.2, 0) is 55.8 Å². The number of allylic oxidation sites excluding steroid dienone is 12. The summed E-state index contributed by atoms with van der Waals surface area (Å²) in [7, 11) is -9.77. The van der Waals surface area contributed by atoms with Gasteiger partial charge in [-0.3, -0.25) is 32.5 Å². The fourth-order valence-corrected chi connectivity index (χ4v) is 11.1. The Morgan fingerprint density at radius 3 is 0.955 bits per heavy atom. The molecule has 89 heavy (non-hydrogen) atoms. The van der Waals surface area contributed by atoms with Crippen molar-refractivity contribution in [3.05, 3.63) is 72.9 Å². The van der Waals surface area contributed by atoms with Crippen molar-refractivity contribution in [2.75, 3.05) is 39.6 Å². The van der Waals surface area contributed by atoms with Gasteiger partial charge < -0.3 is 34.2 Å². The molecule has 0 rings (SSSR count). The van der Waals surface area contributed by atoms with Crippen molar-refractivity contribution in [3.8, 4) is 0 Å². The Hall–Kier alpha value is -3.01. The van der Waals surface area contributed by atoms with E-state index in [1.165, 1.54) is 116 Å². The summed E-state index contributed by atoms with van der Waals surface area (Å²) in [5, 5.41) is 20.6. The van der Waals surface area contributed by atoms with E-state index < -0.39 is 91.5 Å². The standard InChI is InChI=1S/C71H128O16P2/c1-4-7-10-13-16-19-22-25-27-28-29-30-31-32-33-34-35-36-38-41-42-45-48-51-54-57-69(74)81-60-66(72)61-83-88(77,78)84-62-67(73)63-85-89(79,80)86-65-68(87-71(76)59-56-53-50-47-44-39-24-21-18-15-12-9-6-3)64-82-70(75)58-55-52-49-46-43-40-37-26-23-20-17-14-11-8-5-2/h7,10,16,19,25-27,29-30,32-33,37,66-68,72-73H,4-6,8-9,11-15,17-18,20-24,28,31,34-36,38-65H2,1-3H3,(H,77,78)(H,79,80)/b10-7-,19-16-,27-25-,30-29-,33-32-,37-26-. The molecular formula is C71H128O16P2.